The van der Waals surface area contributed by atoms with Crippen molar-refractivity contribution in [1.29, 1.82) is 0 Å². The molecule has 1 saturated carbocycles. The van der Waals surface area contributed by atoms with E-state index < -0.39 is 11.6 Å². The third-order valence-electron chi connectivity index (χ3n) is 7.64. The fraction of sp³-hybridized carbons (Fsp3) is 0.655. The van der Waals surface area contributed by atoms with E-state index in [1.807, 2.05) is 0 Å². The standard InChI is InChI=1S/C29H42F2/c1-3-4-5-6-7-8-9-10-11-23-12-14-24(15-13-23)25-16-18-26(19-17-25)27-20-28(30)22(2)29(31)21-27/h16-18,20-21,23-24,26H,3-15,19H2,1-2H3. The van der Waals surface area contributed by atoms with Crippen molar-refractivity contribution in [3.05, 3.63) is 58.7 Å². The Bertz CT molecular complexity index is 714. The minimum Gasteiger partial charge on any atom is -0.207 e. The molecule has 0 aromatic heterocycles. The summed E-state index contributed by atoms with van der Waals surface area (Å²) in [5.41, 5.74) is 2.32. The van der Waals surface area contributed by atoms with Crippen LogP contribution in [0.1, 0.15) is 114 Å². The van der Waals surface area contributed by atoms with Crippen molar-refractivity contribution < 1.29 is 8.78 Å². The van der Waals surface area contributed by atoms with Crippen LogP contribution >= 0.6 is 0 Å². The van der Waals surface area contributed by atoms with E-state index in [1.165, 1.54) is 108 Å². The summed E-state index contributed by atoms with van der Waals surface area (Å²) in [5, 5.41) is 0. The molecule has 2 aliphatic carbocycles. The quantitative estimate of drug-likeness (QED) is 0.308. The molecule has 0 spiro atoms. The minimum atomic E-state index is -0.437. The van der Waals surface area contributed by atoms with Gasteiger partial charge in [0.25, 0.3) is 0 Å². The third-order valence-corrected chi connectivity index (χ3v) is 7.64. The minimum absolute atomic E-state index is 0.0895. The van der Waals surface area contributed by atoms with Gasteiger partial charge in [0.1, 0.15) is 11.6 Å². The van der Waals surface area contributed by atoms with Crippen molar-refractivity contribution in [2.75, 3.05) is 0 Å². The van der Waals surface area contributed by atoms with Crippen molar-refractivity contribution in [3.8, 4) is 0 Å². The molecule has 1 aromatic rings. The van der Waals surface area contributed by atoms with Crippen LogP contribution in [0.15, 0.2) is 35.9 Å². The normalized spacial score (nSPS) is 23.7. The molecule has 2 aliphatic rings. The van der Waals surface area contributed by atoms with Crippen LogP contribution in [0.5, 0.6) is 0 Å². The molecule has 1 atom stereocenters. The Balaban J connectivity index is 1.35. The Hall–Kier alpha value is -1.44. The molecule has 1 unspecified atom stereocenters. The van der Waals surface area contributed by atoms with Crippen molar-refractivity contribution in [1.82, 2.24) is 0 Å². The first-order valence-corrected chi connectivity index (χ1v) is 12.9. The highest BCUT2D eigenvalue weighted by Crippen LogP contribution is 2.39. The number of rotatable bonds is 11. The highest BCUT2D eigenvalue weighted by Gasteiger charge is 2.24. The fourth-order valence-electron chi connectivity index (χ4n) is 5.42. The van der Waals surface area contributed by atoms with Crippen molar-refractivity contribution in [2.45, 2.75) is 110 Å². The zero-order chi connectivity index (χ0) is 22.1. The Labute approximate surface area is 189 Å². The number of benzene rings is 1. The summed E-state index contributed by atoms with van der Waals surface area (Å²) in [5.74, 6) is 0.821. The number of allylic oxidation sites excluding steroid dienone is 4. The van der Waals surface area contributed by atoms with Crippen LogP contribution in [0.3, 0.4) is 0 Å². The maximum Gasteiger partial charge on any atom is 0.129 e. The first-order valence-electron chi connectivity index (χ1n) is 12.9. The molecule has 0 nitrogen and oxygen atoms in total. The van der Waals surface area contributed by atoms with Crippen LogP contribution in [0.4, 0.5) is 8.78 Å². The third kappa shape index (κ3) is 7.29. The fourth-order valence-corrected chi connectivity index (χ4v) is 5.42. The van der Waals surface area contributed by atoms with Crippen LogP contribution in [0, 0.1) is 30.4 Å². The summed E-state index contributed by atoms with van der Waals surface area (Å²) >= 11 is 0. The molecule has 0 bridgehead atoms. The van der Waals surface area contributed by atoms with Crippen LogP contribution in [-0.2, 0) is 0 Å². The van der Waals surface area contributed by atoms with E-state index in [0.717, 1.165) is 17.9 Å². The Morgan fingerprint density at radius 3 is 2.03 bits per heavy atom. The first kappa shape index (κ1) is 24.2. The molecular weight excluding hydrogens is 386 g/mol. The number of halogens is 2. The molecule has 0 saturated heterocycles. The van der Waals surface area contributed by atoms with E-state index in [1.54, 1.807) is 0 Å². The Morgan fingerprint density at radius 2 is 1.45 bits per heavy atom. The van der Waals surface area contributed by atoms with Gasteiger partial charge in [0, 0.05) is 11.5 Å². The van der Waals surface area contributed by atoms with E-state index in [4.69, 9.17) is 0 Å². The zero-order valence-corrected chi connectivity index (χ0v) is 19.8. The summed E-state index contributed by atoms with van der Waals surface area (Å²) < 4.78 is 27.8. The molecular formula is C29H42F2. The molecule has 0 N–H and O–H groups in total. The Morgan fingerprint density at radius 1 is 0.839 bits per heavy atom. The second-order valence-corrected chi connectivity index (χ2v) is 10.00. The van der Waals surface area contributed by atoms with Gasteiger partial charge in [-0.1, -0.05) is 82.9 Å². The molecule has 3 rings (SSSR count). The molecule has 1 fully saturated rings. The summed E-state index contributed by atoms with van der Waals surface area (Å²) in [4.78, 5) is 0. The van der Waals surface area contributed by atoms with Gasteiger partial charge in [0.2, 0.25) is 0 Å². The molecule has 2 heteroatoms. The zero-order valence-electron chi connectivity index (χ0n) is 19.8. The summed E-state index contributed by atoms with van der Waals surface area (Å²) in [7, 11) is 0. The number of unbranched alkanes of at least 4 members (excludes halogenated alkanes) is 7. The average Bonchev–Trinajstić information content (AvgIpc) is 2.79. The maximum atomic E-state index is 13.9. The monoisotopic (exact) mass is 428 g/mol. The van der Waals surface area contributed by atoms with E-state index in [-0.39, 0.29) is 11.5 Å². The maximum absolute atomic E-state index is 13.9. The van der Waals surface area contributed by atoms with Gasteiger partial charge in [-0.05, 0) is 74.1 Å². The van der Waals surface area contributed by atoms with Crippen molar-refractivity contribution in [2.24, 2.45) is 11.8 Å². The topological polar surface area (TPSA) is 0 Å². The van der Waals surface area contributed by atoms with Gasteiger partial charge in [-0.3, -0.25) is 0 Å². The van der Waals surface area contributed by atoms with Gasteiger partial charge >= 0.3 is 0 Å². The average molecular weight is 429 g/mol. The molecule has 0 aliphatic heterocycles. The molecule has 0 radical (unpaired) electrons. The van der Waals surface area contributed by atoms with E-state index in [9.17, 15) is 8.78 Å². The van der Waals surface area contributed by atoms with Crippen molar-refractivity contribution in [3.63, 3.8) is 0 Å². The van der Waals surface area contributed by atoms with Gasteiger partial charge in [0.05, 0.1) is 0 Å². The van der Waals surface area contributed by atoms with E-state index in [0.29, 0.717) is 5.92 Å². The largest absolute Gasteiger partial charge is 0.207 e. The van der Waals surface area contributed by atoms with Crippen LogP contribution in [0.2, 0.25) is 0 Å². The Kier molecular flexibility index (Phi) is 9.81. The molecule has 0 amide bonds. The summed E-state index contributed by atoms with van der Waals surface area (Å²) in [6.45, 7) is 3.77. The second-order valence-electron chi connectivity index (χ2n) is 10.00. The summed E-state index contributed by atoms with van der Waals surface area (Å²) in [6.07, 6.45) is 25.6. The number of hydrogen-bond donors (Lipinski definition) is 0. The lowest BCUT2D eigenvalue weighted by molar-refractivity contribution is 0.282. The van der Waals surface area contributed by atoms with Crippen LogP contribution in [-0.4, -0.2) is 0 Å². The van der Waals surface area contributed by atoms with Crippen LogP contribution in [0.25, 0.3) is 0 Å². The lowest BCUT2D eigenvalue weighted by Gasteiger charge is -2.31. The highest BCUT2D eigenvalue weighted by atomic mass is 19.1. The SMILES string of the molecule is CCCCCCCCCCC1CCC(C2=CCC(c3cc(F)c(C)c(F)c3)C=C2)CC1. The predicted octanol–water partition coefficient (Wildman–Crippen LogP) is 9.58. The predicted molar refractivity (Wildman–Crippen MR) is 128 cm³/mol. The van der Waals surface area contributed by atoms with E-state index in [2.05, 4.69) is 25.2 Å². The van der Waals surface area contributed by atoms with Crippen LogP contribution < -0.4 is 0 Å². The van der Waals surface area contributed by atoms with Crippen molar-refractivity contribution >= 4 is 0 Å². The van der Waals surface area contributed by atoms with Gasteiger partial charge < -0.3 is 0 Å². The number of hydrogen-bond acceptors (Lipinski definition) is 0. The molecule has 1 aromatic carbocycles. The summed E-state index contributed by atoms with van der Waals surface area (Å²) in [6, 6.07) is 3.01. The van der Waals surface area contributed by atoms with Gasteiger partial charge in [-0.15, -0.1) is 0 Å². The smallest absolute Gasteiger partial charge is 0.129 e. The van der Waals surface area contributed by atoms with E-state index >= 15 is 0 Å². The highest BCUT2D eigenvalue weighted by molar-refractivity contribution is 5.36. The lowest BCUT2D eigenvalue weighted by Crippen LogP contribution is -2.17. The van der Waals surface area contributed by atoms with Gasteiger partial charge in [0.15, 0.2) is 0 Å². The molecule has 31 heavy (non-hydrogen) atoms. The van der Waals surface area contributed by atoms with Gasteiger partial charge in [-0.2, -0.15) is 0 Å². The molecule has 0 heterocycles. The van der Waals surface area contributed by atoms with Gasteiger partial charge in [-0.25, -0.2) is 8.78 Å². The first-order chi connectivity index (χ1) is 15.1. The lowest BCUT2D eigenvalue weighted by atomic mass is 9.75. The molecule has 172 valence electrons. The second kappa shape index (κ2) is 12.6.